The zero-order valence-corrected chi connectivity index (χ0v) is 13.1. The molecule has 0 saturated heterocycles. The highest BCUT2D eigenvalue weighted by atomic mass is 35.5. The van der Waals surface area contributed by atoms with Gasteiger partial charge in [0.25, 0.3) is 5.91 Å². The van der Waals surface area contributed by atoms with Gasteiger partial charge in [0.2, 0.25) is 0 Å². The monoisotopic (exact) mass is 328 g/mol. The summed E-state index contributed by atoms with van der Waals surface area (Å²) in [4.78, 5) is 16.1. The maximum absolute atomic E-state index is 12.2. The fraction of sp³-hybridized carbons (Fsp3) is 0.143. The second-order valence-electron chi connectivity index (χ2n) is 4.35. The number of nitrogens with one attached hydrogen (secondary N) is 1. The van der Waals surface area contributed by atoms with Crippen LogP contribution in [0.25, 0.3) is 0 Å². The zero-order valence-electron chi connectivity index (χ0n) is 10.8. The minimum absolute atomic E-state index is 0.161. The Morgan fingerprint density at radius 2 is 1.80 bits per heavy atom. The molecule has 1 amide bonds. The number of benzene rings is 1. The van der Waals surface area contributed by atoms with Gasteiger partial charge in [0.15, 0.2) is 5.15 Å². The summed E-state index contributed by atoms with van der Waals surface area (Å²) in [5.74, 6) is -0.279. The number of pyridine rings is 1. The predicted molar refractivity (Wildman–Crippen MR) is 83.1 cm³/mol. The minimum atomic E-state index is -0.279. The Morgan fingerprint density at radius 3 is 2.40 bits per heavy atom. The molecule has 6 heteroatoms. The first-order valence-electron chi connectivity index (χ1n) is 5.78. The number of amides is 1. The van der Waals surface area contributed by atoms with Gasteiger partial charge in [-0.3, -0.25) is 4.79 Å². The smallest absolute Gasteiger partial charge is 0.255 e. The summed E-state index contributed by atoms with van der Waals surface area (Å²) in [7, 11) is 0. The van der Waals surface area contributed by atoms with Gasteiger partial charge in [-0.05, 0) is 49.2 Å². The number of carbonyl (C=O) groups excluding carboxylic acids is 1. The molecule has 0 aliphatic carbocycles. The molecule has 2 aromatic rings. The van der Waals surface area contributed by atoms with Crippen LogP contribution in [-0.4, -0.2) is 10.9 Å². The summed E-state index contributed by atoms with van der Waals surface area (Å²) >= 11 is 17.7. The van der Waals surface area contributed by atoms with Gasteiger partial charge in [-0.15, -0.1) is 0 Å². The van der Waals surface area contributed by atoms with E-state index in [0.29, 0.717) is 16.3 Å². The molecule has 0 saturated carbocycles. The van der Waals surface area contributed by atoms with Crippen molar-refractivity contribution < 1.29 is 4.79 Å². The fourth-order valence-electron chi connectivity index (χ4n) is 1.72. The standard InChI is InChI=1S/C14H11Cl3N2O/c1-7-5-9(3-4-10(7)15)14(20)19-12-8(2)6-11(16)18-13(12)17/h3-6H,1-2H3,(H,19,20). The van der Waals surface area contributed by atoms with Crippen molar-refractivity contribution in [3.8, 4) is 0 Å². The van der Waals surface area contributed by atoms with Crippen LogP contribution >= 0.6 is 34.8 Å². The van der Waals surface area contributed by atoms with Crippen LogP contribution in [-0.2, 0) is 0 Å². The Balaban J connectivity index is 2.30. The van der Waals surface area contributed by atoms with Crippen molar-refractivity contribution in [1.29, 1.82) is 0 Å². The van der Waals surface area contributed by atoms with Crippen LogP contribution in [0.15, 0.2) is 24.3 Å². The molecule has 2 rings (SSSR count). The molecule has 0 unspecified atom stereocenters. The van der Waals surface area contributed by atoms with Crippen LogP contribution in [0.1, 0.15) is 21.5 Å². The van der Waals surface area contributed by atoms with Crippen molar-refractivity contribution in [2.24, 2.45) is 0 Å². The summed E-state index contributed by atoms with van der Waals surface area (Å²) in [5, 5.41) is 3.79. The van der Waals surface area contributed by atoms with E-state index in [4.69, 9.17) is 34.8 Å². The summed E-state index contributed by atoms with van der Waals surface area (Å²) < 4.78 is 0. The maximum atomic E-state index is 12.2. The molecule has 1 aromatic carbocycles. The topological polar surface area (TPSA) is 42.0 Å². The molecule has 0 atom stereocenters. The molecule has 0 radical (unpaired) electrons. The Kier molecular flexibility index (Phi) is 4.53. The molecule has 0 aliphatic heterocycles. The number of hydrogen-bond acceptors (Lipinski definition) is 2. The van der Waals surface area contributed by atoms with Crippen molar-refractivity contribution in [2.75, 3.05) is 5.32 Å². The molecule has 0 bridgehead atoms. The number of nitrogens with zero attached hydrogens (tertiary/aromatic N) is 1. The minimum Gasteiger partial charge on any atom is -0.319 e. The first-order valence-corrected chi connectivity index (χ1v) is 6.92. The van der Waals surface area contributed by atoms with Crippen molar-refractivity contribution >= 4 is 46.4 Å². The number of halogens is 3. The van der Waals surface area contributed by atoms with Gasteiger partial charge < -0.3 is 5.32 Å². The van der Waals surface area contributed by atoms with Crippen molar-refractivity contribution in [3.05, 3.63) is 56.3 Å². The normalized spacial score (nSPS) is 10.4. The van der Waals surface area contributed by atoms with E-state index in [1.807, 2.05) is 6.92 Å². The third-order valence-corrected chi connectivity index (χ3v) is 3.69. The average molecular weight is 330 g/mol. The van der Waals surface area contributed by atoms with E-state index in [-0.39, 0.29) is 16.2 Å². The number of carbonyl (C=O) groups is 1. The Bertz CT molecular complexity index is 663. The van der Waals surface area contributed by atoms with Crippen LogP contribution in [0.4, 0.5) is 5.69 Å². The average Bonchev–Trinajstić information content (AvgIpc) is 2.36. The first-order chi connectivity index (χ1) is 9.38. The number of aryl methyl sites for hydroxylation is 2. The Hall–Kier alpha value is -1.29. The lowest BCUT2D eigenvalue weighted by Gasteiger charge is -2.11. The Morgan fingerprint density at radius 1 is 1.10 bits per heavy atom. The largest absolute Gasteiger partial charge is 0.319 e. The number of anilines is 1. The maximum Gasteiger partial charge on any atom is 0.255 e. The fourth-order valence-corrected chi connectivity index (χ4v) is 2.41. The molecule has 1 aromatic heterocycles. The van der Waals surface area contributed by atoms with Gasteiger partial charge in [0.05, 0.1) is 5.69 Å². The molecule has 3 nitrogen and oxygen atoms in total. The van der Waals surface area contributed by atoms with E-state index >= 15 is 0 Å². The highest BCUT2D eigenvalue weighted by Gasteiger charge is 2.13. The van der Waals surface area contributed by atoms with Gasteiger partial charge in [-0.25, -0.2) is 4.98 Å². The van der Waals surface area contributed by atoms with Gasteiger partial charge in [-0.2, -0.15) is 0 Å². The SMILES string of the molecule is Cc1cc(C(=O)Nc2c(C)cc(Cl)nc2Cl)ccc1Cl. The molecule has 0 fully saturated rings. The molecule has 104 valence electrons. The summed E-state index contributed by atoms with van der Waals surface area (Å²) in [6.07, 6.45) is 0. The lowest BCUT2D eigenvalue weighted by atomic mass is 10.1. The second kappa shape index (κ2) is 6.00. The van der Waals surface area contributed by atoms with Crippen molar-refractivity contribution in [3.63, 3.8) is 0 Å². The van der Waals surface area contributed by atoms with Crippen LogP contribution in [0.2, 0.25) is 15.3 Å². The molecule has 1 heterocycles. The molecular formula is C14H11Cl3N2O. The van der Waals surface area contributed by atoms with E-state index in [9.17, 15) is 4.79 Å². The third kappa shape index (κ3) is 3.23. The van der Waals surface area contributed by atoms with Gasteiger partial charge >= 0.3 is 0 Å². The van der Waals surface area contributed by atoms with E-state index in [1.54, 1.807) is 31.2 Å². The van der Waals surface area contributed by atoms with E-state index in [1.165, 1.54) is 0 Å². The van der Waals surface area contributed by atoms with Crippen LogP contribution in [0.3, 0.4) is 0 Å². The van der Waals surface area contributed by atoms with E-state index < -0.39 is 0 Å². The molecular weight excluding hydrogens is 319 g/mol. The van der Waals surface area contributed by atoms with Crippen molar-refractivity contribution in [2.45, 2.75) is 13.8 Å². The summed E-state index contributed by atoms with van der Waals surface area (Å²) in [5.41, 5.74) is 2.52. The van der Waals surface area contributed by atoms with Gasteiger partial charge in [0, 0.05) is 10.6 Å². The number of rotatable bonds is 2. The summed E-state index contributed by atoms with van der Waals surface area (Å²) in [6, 6.07) is 6.68. The third-order valence-electron chi connectivity index (χ3n) is 2.80. The highest BCUT2D eigenvalue weighted by Crippen LogP contribution is 2.27. The van der Waals surface area contributed by atoms with Gasteiger partial charge in [-0.1, -0.05) is 34.8 Å². The molecule has 0 aliphatic rings. The van der Waals surface area contributed by atoms with Crippen LogP contribution in [0, 0.1) is 13.8 Å². The molecule has 1 N–H and O–H groups in total. The van der Waals surface area contributed by atoms with Crippen molar-refractivity contribution in [1.82, 2.24) is 4.98 Å². The van der Waals surface area contributed by atoms with E-state index in [2.05, 4.69) is 10.3 Å². The second-order valence-corrected chi connectivity index (χ2v) is 5.50. The quantitative estimate of drug-likeness (QED) is 0.795. The van der Waals surface area contributed by atoms with E-state index in [0.717, 1.165) is 11.1 Å². The van der Waals surface area contributed by atoms with Crippen LogP contribution in [0.5, 0.6) is 0 Å². The highest BCUT2D eigenvalue weighted by molar-refractivity contribution is 6.35. The predicted octanol–water partition coefficient (Wildman–Crippen LogP) is 4.91. The summed E-state index contributed by atoms with van der Waals surface area (Å²) in [6.45, 7) is 3.63. The zero-order chi connectivity index (χ0) is 14.9. The lowest BCUT2D eigenvalue weighted by Crippen LogP contribution is -2.13. The Labute approximate surface area is 131 Å². The molecule has 20 heavy (non-hydrogen) atoms. The molecule has 0 spiro atoms. The number of hydrogen-bond donors (Lipinski definition) is 1. The first kappa shape index (κ1) is 15.1. The lowest BCUT2D eigenvalue weighted by molar-refractivity contribution is 0.102. The number of aromatic nitrogens is 1. The van der Waals surface area contributed by atoms with Crippen LogP contribution < -0.4 is 5.32 Å². The van der Waals surface area contributed by atoms with Gasteiger partial charge in [0.1, 0.15) is 5.15 Å².